The van der Waals surface area contributed by atoms with Crippen molar-refractivity contribution in [2.75, 3.05) is 6.61 Å². The number of ether oxygens (including phenoxy) is 1. The normalized spacial score (nSPS) is 17.9. The summed E-state index contributed by atoms with van der Waals surface area (Å²) in [7, 11) is 0. The molecular formula is C15H19N3O2. The highest BCUT2D eigenvalue weighted by molar-refractivity contribution is 5.42. The average molecular weight is 273 g/mol. The van der Waals surface area contributed by atoms with E-state index < -0.39 is 0 Å². The number of fused-ring (bicyclic) bond motifs is 1. The van der Waals surface area contributed by atoms with Crippen molar-refractivity contribution in [2.24, 2.45) is 0 Å². The summed E-state index contributed by atoms with van der Waals surface area (Å²) in [6.07, 6.45) is 0. The van der Waals surface area contributed by atoms with Crippen molar-refractivity contribution in [1.29, 1.82) is 0 Å². The number of para-hydroxylation sites is 1. The molecule has 1 unspecified atom stereocenters. The van der Waals surface area contributed by atoms with Crippen LogP contribution in [-0.2, 0) is 6.54 Å². The second kappa shape index (κ2) is 4.90. The summed E-state index contributed by atoms with van der Waals surface area (Å²) in [6, 6.07) is 7.99. The summed E-state index contributed by atoms with van der Waals surface area (Å²) >= 11 is 0. The molecule has 0 spiro atoms. The maximum absolute atomic E-state index is 5.65. The van der Waals surface area contributed by atoms with E-state index in [4.69, 9.17) is 9.26 Å². The molecule has 0 radical (unpaired) electrons. The molecule has 1 atom stereocenters. The third kappa shape index (κ3) is 2.67. The van der Waals surface area contributed by atoms with E-state index in [2.05, 4.69) is 42.3 Å². The van der Waals surface area contributed by atoms with Crippen molar-refractivity contribution in [1.82, 2.24) is 15.5 Å². The predicted octanol–water partition coefficient (Wildman–Crippen LogP) is 2.48. The smallest absolute Gasteiger partial charge is 0.240 e. The third-order valence-corrected chi connectivity index (χ3v) is 3.27. The Balaban J connectivity index is 1.75. The summed E-state index contributed by atoms with van der Waals surface area (Å²) in [6.45, 7) is 7.46. The molecule has 5 nitrogen and oxygen atoms in total. The maximum Gasteiger partial charge on any atom is 0.240 e. The molecule has 1 aliphatic heterocycles. The number of aromatic nitrogens is 2. The van der Waals surface area contributed by atoms with Crippen molar-refractivity contribution in [3.63, 3.8) is 0 Å². The minimum Gasteiger partial charge on any atom is -0.492 e. The molecule has 1 aromatic carbocycles. The summed E-state index contributed by atoms with van der Waals surface area (Å²) in [5, 5.41) is 7.43. The van der Waals surface area contributed by atoms with Crippen LogP contribution in [0.1, 0.15) is 44.0 Å². The Morgan fingerprint density at radius 1 is 1.30 bits per heavy atom. The van der Waals surface area contributed by atoms with Gasteiger partial charge in [0.05, 0.1) is 12.5 Å². The first-order chi connectivity index (χ1) is 9.53. The first-order valence-corrected chi connectivity index (χ1v) is 6.82. The molecule has 0 saturated heterocycles. The Hall–Kier alpha value is -1.88. The monoisotopic (exact) mass is 273 g/mol. The highest BCUT2D eigenvalue weighted by Gasteiger charge is 2.29. The zero-order valence-corrected chi connectivity index (χ0v) is 12.0. The highest BCUT2D eigenvalue weighted by atomic mass is 16.5. The van der Waals surface area contributed by atoms with Crippen LogP contribution >= 0.6 is 0 Å². The largest absolute Gasteiger partial charge is 0.492 e. The van der Waals surface area contributed by atoms with Gasteiger partial charge < -0.3 is 14.6 Å². The molecule has 0 bridgehead atoms. The Bertz CT molecular complexity index is 601. The van der Waals surface area contributed by atoms with Gasteiger partial charge in [-0.25, -0.2) is 0 Å². The average Bonchev–Trinajstić information content (AvgIpc) is 3.01. The lowest BCUT2D eigenvalue weighted by Crippen LogP contribution is -2.35. The van der Waals surface area contributed by atoms with Gasteiger partial charge in [-0.3, -0.25) is 0 Å². The zero-order valence-electron chi connectivity index (χ0n) is 12.0. The van der Waals surface area contributed by atoms with E-state index in [1.165, 1.54) is 0 Å². The van der Waals surface area contributed by atoms with Crippen molar-refractivity contribution in [3.05, 3.63) is 41.5 Å². The molecule has 3 rings (SSSR count). The third-order valence-electron chi connectivity index (χ3n) is 3.27. The number of nitrogens with zero attached hydrogens (tertiary/aromatic N) is 2. The first-order valence-electron chi connectivity index (χ1n) is 6.82. The van der Waals surface area contributed by atoms with Gasteiger partial charge in [0.15, 0.2) is 5.82 Å². The van der Waals surface area contributed by atoms with Crippen LogP contribution in [0.2, 0.25) is 0 Å². The number of hydrogen-bond acceptors (Lipinski definition) is 5. The van der Waals surface area contributed by atoms with E-state index in [-0.39, 0.29) is 11.5 Å². The van der Waals surface area contributed by atoms with Crippen LogP contribution in [0.5, 0.6) is 5.75 Å². The molecule has 1 aliphatic rings. The fraction of sp³-hybridized carbons (Fsp3) is 0.467. The predicted molar refractivity (Wildman–Crippen MR) is 74.7 cm³/mol. The Kier molecular flexibility index (Phi) is 3.22. The second-order valence-electron chi connectivity index (χ2n) is 6.05. The van der Waals surface area contributed by atoms with Crippen LogP contribution in [0.15, 0.2) is 28.8 Å². The lowest BCUT2D eigenvalue weighted by atomic mass is 10.0. The van der Waals surface area contributed by atoms with E-state index in [1.54, 1.807) is 0 Å². The summed E-state index contributed by atoms with van der Waals surface area (Å²) < 4.78 is 11.0. The number of hydrogen-bond donors (Lipinski definition) is 1. The molecule has 1 aromatic heterocycles. The molecular weight excluding hydrogens is 254 g/mol. The van der Waals surface area contributed by atoms with E-state index >= 15 is 0 Å². The van der Waals surface area contributed by atoms with E-state index in [0.29, 0.717) is 24.9 Å². The molecule has 0 amide bonds. The van der Waals surface area contributed by atoms with E-state index in [0.717, 1.165) is 11.3 Å². The SMILES string of the molecule is CC(C)(C)NCc1nc(C2COc3ccccc32)no1. The van der Waals surface area contributed by atoms with E-state index in [1.807, 2.05) is 18.2 Å². The lowest BCUT2D eigenvalue weighted by molar-refractivity contribution is 0.323. The van der Waals surface area contributed by atoms with Crippen molar-refractivity contribution >= 4 is 0 Å². The van der Waals surface area contributed by atoms with Crippen LogP contribution in [-0.4, -0.2) is 22.3 Å². The molecule has 2 heterocycles. The Morgan fingerprint density at radius 3 is 2.90 bits per heavy atom. The van der Waals surface area contributed by atoms with Crippen LogP contribution in [0.4, 0.5) is 0 Å². The van der Waals surface area contributed by atoms with Gasteiger partial charge in [0.1, 0.15) is 12.4 Å². The standard InChI is InChI=1S/C15H19N3O2/c1-15(2,3)16-8-13-17-14(18-20-13)11-9-19-12-7-5-4-6-10(11)12/h4-7,11,16H,8-9H2,1-3H3. The maximum atomic E-state index is 5.65. The van der Waals surface area contributed by atoms with Gasteiger partial charge in [0.2, 0.25) is 5.89 Å². The van der Waals surface area contributed by atoms with Gasteiger partial charge in [-0.2, -0.15) is 4.98 Å². The van der Waals surface area contributed by atoms with Gasteiger partial charge in [0, 0.05) is 11.1 Å². The molecule has 0 aliphatic carbocycles. The van der Waals surface area contributed by atoms with Crippen LogP contribution in [0.25, 0.3) is 0 Å². The van der Waals surface area contributed by atoms with Crippen LogP contribution in [0.3, 0.4) is 0 Å². The molecule has 106 valence electrons. The molecule has 2 aromatic rings. The van der Waals surface area contributed by atoms with Crippen LogP contribution in [0, 0.1) is 0 Å². The Labute approximate surface area is 118 Å². The van der Waals surface area contributed by atoms with Gasteiger partial charge in [-0.15, -0.1) is 0 Å². The summed E-state index contributed by atoms with van der Waals surface area (Å²) in [5.41, 5.74) is 1.15. The topological polar surface area (TPSA) is 60.2 Å². The van der Waals surface area contributed by atoms with Gasteiger partial charge in [-0.05, 0) is 26.8 Å². The molecule has 20 heavy (non-hydrogen) atoms. The molecule has 5 heteroatoms. The molecule has 0 saturated carbocycles. The number of benzene rings is 1. The summed E-state index contributed by atoms with van der Waals surface area (Å²) in [4.78, 5) is 4.47. The zero-order chi connectivity index (χ0) is 14.2. The van der Waals surface area contributed by atoms with Crippen molar-refractivity contribution < 1.29 is 9.26 Å². The minimum absolute atomic E-state index is 0.0255. The van der Waals surface area contributed by atoms with Crippen molar-refractivity contribution in [3.8, 4) is 5.75 Å². The van der Waals surface area contributed by atoms with Crippen LogP contribution < -0.4 is 10.1 Å². The number of rotatable bonds is 3. The van der Waals surface area contributed by atoms with Crippen molar-refractivity contribution in [2.45, 2.75) is 38.8 Å². The van der Waals surface area contributed by atoms with Gasteiger partial charge >= 0.3 is 0 Å². The quantitative estimate of drug-likeness (QED) is 0.931. The molecule has 0 fully saturated rings. The number of nitrogens with one attached hydrogen (secondary N) is 1. The minimum atomic E-state index is 0.0255. The summed E-state index contributed by atoms with van der Waals surface area (Å²) in [5.74, 6) is 2.29. The lowest BCUT2D eigenvalue weighted by Gasteiger charge is -2.18. The van der Waals surface area contributed by atoms with Gasteiger partial charge in [-0.1, -0.05) is 23.4 Å². The first kappa shape index (κ1) is 13.1. The Morgan fingerprint density at radius 2 is 2.10 bits per heavy atom. The van der Waals surface area contributed by atoms with Gasteiger partial charge in [0.25, 0.3) is 0 Å². The fourth-order valence-electron chi connectivity index (χ4n) is 2.20. The highest BCUT2D eigenvalue weighted by Crippen LogP contribution is 2.36. The second-order valence-corrected chi connectivity index (χ2v) is 6.05. The molecule has 1 N–H and O–H groups in total. The fourth-order valence-corrected chi connectivity index (χ4v) is 2.20. The van der Waals surface area contributed by atoms with E-state index in [9.17, 15) is 0 Å².